The van der Waals surface area contributed by atoms with E-state index in [0.717, 1.165) is 12.8 Å². The lowest BCUT2D eigenvalue weighted by molar-refractivity contribution is -0.154. The van der Waals surface area contributed by atoms with Crippen molar-refractivity contribution in [3.05, 3.63) is 0 Å². The maximum atomic E-state index is 11.5. The van der Waals surface area contributed by atoms with Crippen LogP contribution >= 0.6 is 0 Å². The number of fused-ring (bicyclic) bond motifs is 2. The van der Waals surface area contributed by atoms with Gasteiger partial charge in [0.05, 0.1) is 18.9 Å². The van der Waals surface area contributed by atoms with E-state index in [1.165, 1.54) is 7.11 Å². The minimum atomic E-state index is -0.713. The molecule has 15 heavy (non-hydrogen) atoms. The third-order valence-electron chi connectivity index (χ3n) is 3.92. The van der Waals surface area contributed by atoms with E-state index in [-0.39, 0.29) is 29.6 Å². The standard InChI is InChI=1S/C11H16O4/c1-15-11(14)9-6-2-3-7(9)5-8(4-6)10(12)13/h6-9H,2-5H2,1H3,(H,12,13). The van der Waals surface area contributed by atoms with Gasteiger partial charge < -0.3 is 9.84 Å². The molecule has 0 heterocycles. The average Bonchev–Trinajstić information content (AvgIpc) is 2.47. The highest BCUT2D eigenvalue weighted by Crippen LogP contribution is 2.49. The first kappa shape index (κ1) is 10.5. The van der Waals surface area contributed by atoms with Gasteiger partial charge in [-0.25, -0.2) is 0 Å². The second-order valence-corrected chi connectivity index (χ2v) is 4.65. The monoisotopic (exact) mass is 212 g/mol. The summed E-state index contributed by atoms with van der Waals surface area (Å²) in [5.41, 5.74) is 0. The Hall–Kier alpha value is -1.06. The van der Waals surface area contributed by atoms with Crippen LogP contribution in [0.1, 0.15) is 25.7 Å². The van der Waals surface area contributed by atoms with Crippen LogP contribution in [0.25, 0.3) is 0 Å². The van der Waals surface area contributed by atoms with Gasteiger partial charge in [-0.15, -0.1) is 0 Å². The van der Waals surface area contributed by atoms with Crippen molar-refractivity contribution in [2.45, 2.75) is 25.7 Å². The number of carboxylic acid groups (broad SMARTS) is 1. The second kappa shape index (κ2) is 3.83. The summed E-state index contributed by atoms with van der Waals surface area (Å²) in [6, 6.07) is 0. The summed E-state index contributed by atoms with van der Waals surface area (Å²) in [6.45, 7) is 0. The van der Waals surface area contributed by atoms with Crippen molar-refractivity contribution < 1.29 is 19.4 Å². The molecular weight excluding hydrogens is 196 g/mol. The van der Waals surface area contributed by atoms with Crippen molar-refractivity contribution in [3.63, 3.8) is 0 Å². The SMILES string of the molecule is COC(=O)C1C2CCC1CC(C(=O)O)C2. The molecule has 1 N–H and O–H groups in total. The Morgan fingerprint density at radius 2 is 1.73 bits per heavy atom. The fourth-order valence-electron chi connectivity index (χ4n) is 3.25. The molecule has 2 unspecified atom stereocenters. The zero-order chi connectivity index (χ0) is 11.0. The molecule has 0 saturated heterocycles. The summed E-state index contributed by atoms with van der Waals surface area (Å²) < 4.78 is 4.78. The Morgan fingerprint density at radius 3 is 2.13 bits per heavy atom. The number of carbonyl (C=O) groups is 2. The van der Waals surface area contributed by atoms with Crippen molar-refractivity contribution in [1.29, 1.82) is 0 Å². The normalized spacial score (nSPS) is 38.7. The molecule has 84 valence electrons. The van der Waals surface area contributed by atoms with Gasteiger partial charge in [-0.1, -0.05) is 0 Å². The van der Waals surface area contributed by atoms with Crippen LogP contribution in [0.3, 0.4) is 0 Å². The molecule has 0 aromatic carbocycles. The van der Waals surface area contributed by atoms with Crippen molar-refractivity contribution >= 4 is 11.9 Å². The third kappa shape index (κ3) is 1.73. The summed E-state index contributed by atoms with van der Waals surface area (Å²) in [7, 11) is 1.41. The molecule has 0 aromatic rings. The van der Waals surface area contributed by atoms with Gasteiger partial charge in [-0.2, -0.15) is 0 Å². The first-order chi connectivity index (χ1) is 7.13. The molecule has 2 fully saturated rings. The number of aliphatic carboxylic acids is 1. The lowest BCUT2D eigenvalue weighted by Crippen LogP contribution is -2.35. The smallest absolute Gasteiger partial charge is 0.309 e. The van der Waals surface area contributed by atoms with Gasteiger partial charge in [-0.3, -0.25) is 9.59 Å². The molecule has 2 bridgehead atoms. The molecule has 0 aromatic heterocycles. The minimum Gasteiger partial charge on any atom is -0.481 e. The van der Waals surface area contributed by atoms with Crippen LogP contribution < -0.4 is 0 Å². The van der Waals surface area contributed by atoms with Gasteiger partial charge in [0.1, 0.15) is 0 Å². The lowest BCUT2D eigenvalue weighted by Gasteiger charge is -2.31. The zero-order valence-electron chi connectivity index (χ0n) is 8.81. The van der Waals surface area contributed by atoms with Gasteiger partial charge in [0, 0.05) is 0 Å². The van der Waals surface area contributed by atoms with E-state index >= 15 is 0 Å². The highest BCUT2D eigenvalue weighted by molar-refractivity contribution is 5.75. The molecule has 2 saturated carbocycles. The maximum Gasteiger partial charge on any atom is 0.309 e. The van der Waals surface area contributed by atoms with Crippen LogP contribution in [0, 0.1) is 23.7 Å². The highest BCUT2D eigenvalue weighted by atomic mass is 16.5. The summed E-state index contributed by atoms with van der Waals surface area (Å²) in [5.74, 6) is -0.676. The molecule has 0 spiro atoms. The van der Waals surface area contributed by atoms with Crippen LogP contribution in [0.5, 0.6) is 0 Å². The predicted octanol–water partition coefficient (Wildman–Crippen LogP) is 1.30. The molecule has 2 aliphatic rings. The van der Waals surface area contributed by atoms with E-state index < -0.39 is 5.97 Å². The van der Waals surface area contributed by atoms with E-state index in [0.29, 0.717) is 12.8 Å². The Morgan fingerprint density at radius 1 is 1.20 bits per heavy atom. The van der Waals surface area contributed by atoms with Gasteiger partial charge in [0.25, 0.3) is 0 Å². The Bertz CT molecular complexity index is 272. The van der Waals surface area contributed by atoms with E-state index in [9.17, 15) is 9.59 Å². The zero-order valence-corrected chi connectivity index (χ0v) is 8.81. The minimum absolute atomic E-state index is 0.0365. The number of carbonyl (C=O) groups excluding carboxylic acids is 1. The number of carboxylic acids is 1. The Labute approximate surface area is 88.6 Å². The van der Waals surface area contributed by atoms with Gasteiger partial charge in [0.2, 0.25) is 0 Å². The molecular formula is C11H16O4. The van der Waals surface area contributed by atoms with Crippen LogP contribution in [0.2, 0.25) is 0 Å². The largest absolute Gasteiger partial charge is 0.481 e. The molecule has 2 rings (SSSR count). The van der Waals surface area contributed by atoms with E-state index in [2.05, 4.69) is 0 Å². The number of rotatable bonds is 2. The van der Waals surface area contributed by atoms with Crippen molar-refractivity contribution in [2.75, 3.05) is 7.11 Å². The number of hydrogen-bond donors (Lipinski definition) is 1. The second-order valence-electron chi connectivity index (χ2n) is 4.65. The summed E-state index contributed by atoms with van der Waals surface area (Å²) in [6.07, 6.45) is 3.25. The fraction of sp³-hybridized carbons (Fsp3) is 0.818. The average molecular weight is 212 g/mol. The molecule has 0 aliphatic heterocycles. The predicted molar refractivity (Wildman–Crippen MR) is 52.1 cm³/mol. The van der Waals surface area contributed by atoms with Gasteiger partial charge in [0.15, 0.2) is 0 Å². The third-order valence-corrected chi connectivity index (χ3v) is 3.92. The van der Waals surface area contributed by atoms with Crippen LogP contribution in [-0.4, -0.2) is 24.2 Å². The molecule has 0 amide bonds. The number of hydrogen-bond acceptors (Lipinski definition) is 3. The topological polar surface area (TPSA) is 63.6 Å². The maximum absolute atomic E-state index is 11.5. The van der Waals surface area contributed by atoms with Crippen LogP contribution in [-0.2, 0) is 14.3 Å². The molecule has 2 atom stereocenters. The van der Waals surface area contributed by atoms with Crippen LogP contribution in [0.4, 0.5) is 0 Å². The first-order valence-electron chi connectivity index (χ1n) is 5.44. The lowest BCUT2D eigenvalue weighted by atomic mass is 9.73. The number of methoxy groups -OCH3 is 1. The fourth-order valence-corrected chi connectivity index (χ4v) is 3.25. The van der Waals surface area contributed by atoms with E-state index in [1.54, 1.807) is 0 Å². The number of esters is 1. The summed E-state index contributed by atoms with van der Waals surface area (Å²) in [5, 5.41) is 8.97. The van der Waals surface area contributed by atoms with Crippen molar-refractivity contribution in [1.82, 2.24) is 0 Å². The van der Waals surface area contributed by atoms with Crippen molar-refractivity contribution in [2.24, 2.45) is 23.7 Å². The summed E-state index contributed by atoms with van der Waals surface area (Å²) in [4.78, 5) is 22.4. The molecule has 2 aliphatic carbocycles. The first-order valence-corrected chi connectivity index (χ1v) is 5.44. The molecule has 4 heteroatoms. The Balaban J connectivity index is 2.10. The highest BCUT2D eigenvalue weighted by Gasteiger charge is 2.48. The van der Waals surface area contributed by atoms with E-state index in [1.807, 2.05) is 0 Å². The van der Waals surface area contributed by atoms with Crippen LogP contribution in [0.15, 0.2) is 0 Å². The van der Waals surface area contributed by atoms with Gasteiger partial charge in [-0.05, 0) is 37.5 Å². The molecule has 0 radical (unpaired) electrons. The van der Waals surface area contributed by atoms with Crippen molar-refractivity contribution in [3.8, 4) is 0 Å². The molecule has 4 nitrogen and oxygen atoms in total. The van der Waals surface area contributed by atoms with Gasteiger partial charge >= 0.3 is 11.9 Å². The number of ether oxygens (including phenoxy) is 1. The Kier molecular flexibility index (Phi) is 2.67. The summed E-state index contributed by atoms with van der Waals surface area (Å²) >= 11 is 0. The van der Waals surface area contributed by atoms with E-state index in [4.69, 9.17) is 9.84 Å². The quantitative estimate of drug-likeness (QED) is 0.701.